The van der Waals surface area contributed by atoms with Crippen LogP contribution in [-0.4, -0.2) is 34.6 Å². The predicted octanol–water partition coefficient (Wildman–Crippen LogP) is 3.04. The molecule has 1 aromatic rings. The molecule has 21 heavy (non-hydrogen) atoms. The smallest absolute Gasteiger partial charge is 0.262 e. The normalized spacial score (nSPS) is 13.0. The summed E-state index contributed by atoms with van der Waals surface area (Å²) in [6, 6.07) is 2.54. The van der Waals surface area contributed by atoms with Crippen LogP contribution in [0.15, 0.2) is 21.5 Å². The van der Waals surface area contributed by atoms with Gasteiger partial charge < -0.3 is 10.1 Å². The van der Waals surface area contributed by atoms with Gasteiger partial charge in [0.1, 0.15) is 0 Å². The highest BCUT2D eigenvalue weighted by Gasteiger charge is 2.20. The molecule has 0 aliphatic heterocycles. The summed E-state index contributed by atoms with van der Waals surface area (Å²) in [5.74, 6) is -0.310. The molecule has 0 heterocycles. The van der Waals surface area contributed by atoms with E-state index in [2.05, 4.69) is 21.2 Å². The van der Waals surface area contributed by atoms with Gasteiger partial charge in [-0.25, -0.2) is 8.42 Å². The van der Waals surface area contributed by atoms with Crippen molar-refractivity contribution in [3.8, 4) is 0 Å². The maximum atomic E-state index is 12.0. The van der Waals surface area contributed by atoms with Crippen LogP contribution in [0.5, 0.6) is 0 Å². The van der Waals surface area contributed by atoms with E-state index in [1.165, 1.54) is 12.1 Å². The molecule has 1 rings (SSSR count). The molecule has 0 spiro atoms. The van der Waals surface area contributed by atoms with E-state index in [1.54, 1.807) is 7.11 Å². The molecule has 0 radical (unpaired) electrons. The molecule has 0 saturated heterocycles. The molecule has 0 aliphatic rings. The topological polar surface area (TPSA) is 72.5 Å². The minimum absolute atomic E-state index is 0.0896. The number of carbonyl (C=O) groups excluding carboxylic acids is 1. The van der Waals surface area contributed by atoms with Crippen LogP contribution in [0.25, 0.3) is 0 Å². The fourth-order valence-corrected chi connectivity index (χ4v) is 3.96. The molecule has 0 bridgehead atoms. The fourth-order valence-electron chi connectivity index (χ4n) is 1.58. The molecule has 1 N–H and O–H groups in total. The van der Waals surface area contributed by atoms with E-state index < -0.39 is 15.0 Å². The first-order valence-electron chi connectivity index (χ1n) is 5.87. The average molecular weight is 419 g/mol. The Morgan fingerprint density at radius 3 is 2.62 bits per heavy atom. The van der Waals surface area contributed by atoms with Gasteiger partial charge in [0, 0.05) is 29.9 Å². The second-order valence-electron chi connectivity index (χ2n) is 4.48. The quantitative estimate of drug-likeness (QED) is 0.720. The van der Waals surface area contributed by atoms with Crippen LogP contribution < -0.4 is 5.32 Å². The van der Waals surface area contributed by atoms with E-state index in [0.717, 1.165) is 0 Å². The van der Waals surface area contributed by atoms with Crippen molar-refractivity contribution in [3.05, 3.63) is 27.2 Å². The third-order valence-corrected chi connectivity index (χ3v) is 5.57. The van der Waals surface area contributed by atoms with Gasteiger partial charge in [-0.1, -0.05) is 18.5 Å². The van der Waals surface area contributed by atoms with Gasteiger partial charge >= 0.3 is 0 Å². The summed E-state index contributed by atoms with van der Waals surface area (Å²) in [5, 5.41) is 2.77. The number of nitrogens with one attached hydrogen (secondary N) is 1. The van der Waals surface area contributed by atoms with Gasteiger partial charge in [-0.2, -0.15) is 0 Å². The van der Waals surface area contributed by atoms with Crippen LogP contribution in [0.1, 0.15) is 17.3 Å². The van der Waals surface area contributed by atoms with E-state index in [9.17, 15) is 13.2 Å². The predicted molar refractivity (Wildman–Crippen MR) is 85.6 cm³/mol. The lowest BCUT2D eigenvalue weighted by atomic mass is 10.1. The molecular weight excluding hydrogens is 405 g/mol. The summed E-state index contributed by atoms with van der Waals surface area (Å²) in [7, 11) is 2.88. The molecule has 0 aliphatic carbocycles. The molecule has 5 nitrogen and oxygen atoms in total. The maximum absolute atomic E-state index is 12.0. The number of amides is 1. The van der Waals surface area contributed by atoms with E-state index in [4.69, 9.17) is 27.0 Å². The fraction of sp³-hybridized carbons (Fsp3) is 0.417. The van der Waals surface area contributed by atoms with Gasteiger partial charge in [0.25, 0.3) is 15.0 Å². The standard InChI is InChI=1S/C12H14BrCl2NO4S/c1-7(6-20-2)5-16-12(17)8-3-9(14)11(13)10(4-8)21(15,18)19/h3-4,7H,5-6H2,1-2H3,(H,16,17). The monoisotopic (exact) mass is 417 g/mol. The highest BCUT2D eigenvalue weighted by molar-refractivity contribution is 9.10. The molecule has 9 heteroatoms. The van der Waals surface area contributed by atoms with Crippen molar-refractivity contribution in [1.82, 2.24) is 5.32 Å². The lowest BCUT2D eigenvalue weighted by Gasteiger charge is -2.12. The van der Waals surface area contributed by atoms with Crippen molar-refractivity contribution in [2.75, 3.05) is 20.3 Å². The number of ether oxygens (including phenoxy) is 1. The molecule has 1 amide bonds. The van der Waals surface area contributed by atoms with Crippen LogP contribution in [0.2, 0.25) is 5.02 Å². The zero-order valence-corrected chi connectivity index (χ0v) is 15.2. The summed E-state index contributed by atoms with van der Waals surface area (Å²) >= 11 is 8.95. The molecular formula is C12H14BrCl2NO4S. The minimum Gasteiger partial charge on any atom is -0.384 e. The molecule has 1 atom stereocenters. The first-order valence-corrected chi connectivity index (χ1v) is 9.35. The van der Waals surface area contributed by atoms with Crippen molar-refractivity contribution in [2.45, 2.75) is 11.8 Å². The number of rotatable bonds is 6. The van der Waals surface area contributed by atoms with Gasteiger partial charge in [0.2, 0.25) is 0 Å². The Labute approximate surface area is 141 Å². The van der Waals surface area contributed by atoms with E-state index in [-0.39, 0.29) is 25.9 Å². The minimum atomic E-state index is -4.01. The Morgan fingerprint density at radius 2 is 2.10 bits per heavy atom. The molecule has 0 fully saturated rings. The molecule has 0 saturated carbocycles. The van der Waals surface area contributed by atoms with Crippen molar-refractivity contribution in [2.24, 2.45) is 5.92 Å². The number of halogens is 3. The molecule has 1 aromatic carbocycles. The van der Waals surface area contributed by atoms with Crippen molar-refractivity contribution in [1.29, 1.82) is 0 Å². The average Bonchev–Trinajstić information content (AvgIpc) is 2.38. The lowest BCUT2D eigenvalue weighted by molar-refractivity contribution is 0.0934. The highest BCUT2D eigenvalue weighted by Crippen LogP contribution is 2.33. The van der Waals surface area contributed by atoms with E-state index in [0.29, 0.717) is 13.2 Å². The van der Waals surface area contributed by atoms with Crippen LogP contribution in [0.4, 0.5) is 0 Å². The number of benzene rings is 1. The summed E-state index contributed by atoms with van der Waals surface area (Å²) in [6.45, 7) is 2.80. The van der Waals surface area contributed by atoms with Gasteiger partial charge in [0.05, 0.1) is 21.0 Å². The Bertz CT molecular complexity index is 636. The first kappa shape index (κ1) is 18.7. The Hall–Kier alpha value is -0.340. The first-order chi connectivity index (χ1) is 9.66. The van der Waals surface area contributed by atoms with Crippen LogP contribution in [-0.2, 0) is 13.8 Å². The summed E-state index contributed by atoms with van der Waals surface area (Å²) in [6.07, 6.45) is 0. The Kier molecular flexibility index (Phi) is 6.93. The van der Waals surface area contributed by atoms with Gasteiger partial charge in [-0.3, -0.25) is 4.79 Å². The van der Waals surface area contributed by atoms with E-state index >= 15 is 0 Å². The third kappa shape index (κ3) is 5.41. The lowest BCUT2D eigenvalue weighted by Crippen LogP contribution is -2.30. The van der Waals surface area contributed by atoms with Gasteiger partial charge in [-0.05, 0) is 34.0 Å². The maximum Gasteiger partial charge on any atom is 0.262 e. The highest BCUT2D eigenvalue weighted by atomic mass is 79.9. The van der Waals surface area contributed by atoms with Crippen molar-refractivity contribution in [3.63, 3.8) is 0 Å². The summed E-state index contributed by atoms with van der Waals surface area (Å²) < 4.78 is 28.0. The largest absolute Gasteiger partial charge is 0.384 e. The van der Waals surface area contributed by atoms with E-state index in [1.807, 2.05) is 6.92 Å². The Morgan fingerprint density at radius 1 is 1.48 bits per heavy atom. The molecule has 0 aromatic heterocycles. The molecule has 118 valence electrons. The van der Waals surface area contributed by atoms with Crippen molar-refractivity contribution < 1.29 is 17.9 Å². The van der Waals surface area contributed by atoms with Gasteiger partial charge in [-0.15, -0.1) is 0 Å². The third-order valence-electron chi connectivity index (χ3n) is 2.58. The second-order valence-corrected chi connectivity index (χ2v) is 8.21. The van der Waals surface area contributed by atoms with Crippen LogP contribution in [0, 0.1) is 5.92 Å². The SMILES string of the molecule is COCC(C)CNC(=O)c1cc(Cl)c(Br)c(S(=O)(=O)Cl)c1. The number of hydrogen-bond acceptors (Lipinski definition) is 4. The zero-order valence-electron chi connectivity index (χ0n) is 11.3. The zero-order chi connectivity index (χ0) is 16.2. The number of methoxy groups -OCH3 is 1. The number of carbonyl (C=O) groups is 1. The summed E-state index contributed by atoms with van der Waals surface area (Å²) in [5.41, 5.74) is 0.118. The van der Waals surface area contributed by atoms with Crippen LogP contribution >= 0.6 is 38.2 Å². The molecule has 1 unspecified atom stereocenters. The number of hydrogen-bond donors (Lipinski definition) is 1. The van der Waals surface area contributed by atoms with Gasteiger partial charge in [0.15, 0.2) is 0 Å². The Balaban J connectivity index is 2.99. The van der Waals surface area contributed by atoms with Crippen LogP contribution in [0.3, 0.4) is 0 Å². The second kappa shape index (κ2) is 7.78. The summed E-state index contributed by atoms with van der Waals surface area (Å²) in [4.78, 5) is 11.8. The van der Waals surface area contributed by atoms with Crippen molar-refractivity contribution >= 4 is 53.2 Å².